The summed E-state index contributed by atoms with van der Waals surface area (Å²) in [7, 11) is 0. The second-order valence-electron chi connectivity index (χ2n) is 7.85. The van der Waals surface area contributed by atoms with Crippen molar-refractivity contribution in [2.75, 3.05) is 0 Å². The highest BCUT2D eigenvalue weighted by molar-refractivity contribution is 5.81. The predicted molar refractivity (Wildman–Crippen MR) is 106 cm³/mol. The van der Waals surface area contributed by atoms with E-state index in [2.05, 4.69) is 45.9 Å². The van der Waals surface area contributed by atoms with Crippen molar-refractivity contribution >= 4 is 11.5 Å². The summed E-state index contributed by atoms with van der Waals surface area (Å²) in [4.78, 5) is 10.7. The number of aryl methyl sites for hydroxylation is 2. The first kappa shape index (κ1) is 19.2. The van der Waals surface area contributed by atoms with E-state index in [1.54, 1.807) is 6.92 Å². The zero-order valence-electron chi connectivity index (χ0n) is 16.1. The summed E-state index contributed by atoms with van der Waals surface area (Å²) in [6, 6.07) is 4.75. The maximum atomic E-state index is 10.7. The van der Waals surface area contributed by atoms with Crippen LogP contribution in [0, 0.1) is 6.92 Å². The van der Waals surface area contributed by atoms with Gasteiger partial charge in [0.15, 0.2) is 0 Å². The molecule has 1 aromatic carbocycles. The van der Waals surface area contributed by atoms with E-state index in [-0.39, 0.29) is 5.41 Å². The van der Waals surface area contributed by atoms with Crippen LogP contribution in [0.3, 0.4) is 0 Å². The van der Waals surface area contributed by atoms with Crippen molar-refractivity contribution in [3.05, 3.63) is 64.3 Å². The lowest BCUT2D eigenvalue weighted by Crippen LogP contribution is -2.17. The fraction of sp³-hybridized carbons (Fsp3) is 0.435. The molecule has 0 bridgehead atoms. The number of aliphatic carboxylic acids is 1. The zero-order chi connectivity index (χ0) is 18.6. The Labute approximate surface area is 152 Å². The number of rotatable bonds is 4. The van der Waals surface area contributed by atoms with Crippen molar-refractivity contribution < 1.29 is 9.90 Å². The molecule has 0 radical (unpaired) electrons. The Morgan fingerprint density at radius 1 is 1.20 bits per heavy atom. The van der Waals surface area contributed by atoms with Crippen LogP contribution in [-0.2, 0) is 16.6 Å². The van der Waals surface area contributed by atoms with Gasteiger partial charge in [-0.25, -0.2) is 4.79 Å². The van der Waals surface area contributed by atoms with E-state index in [1.807, 2.05) is 12.2 Å². The number of fused-ring (bicyclic) bond motifs is 1. The minimum Gasteiger partial charge on any atom is -0.478 e. The van der Waals surface area contributed by atoms with E-state index in [0.717, 1.165) is 12.0 Å². The molecular weight excluding hydrogens is 308 g/mol. The number of carboxylic acid groups (broad SMARTS) is 1. The Bertz CT molecular complexity index is 746. The molecule has 0 amide bonds. The first-order valence-corrected chi connectivity index (χ1v) is 9.11. The van der Waals surface area contributed by atoms with Gasteiger partial charge in [0, 0.05) is 6.08 Å². The first-order chi connectivity index (χ1) is 11.7. The maximum Gasteiger partial charge on any atom is 0.328 e. The molecule has 1 aliphatic rings. The van der Waals surface area contributed by atoms with Gasteiger partial charge in [0.2, 0.25) is 0 Å². The van der Waals surface area contributed by atoms with Crippen molar-refractivity contribution in [1.29, 1.82) is 0 Å². The number of hydrogen-bond acceptors (Lipinski definition) is 1. The number of carboxylic acids is 1. The summed E-state index contributed by atoms with van der Waals surface area (Å²) in [6.07, 6.45) is 12.0. The van der Waals surface area contributed by atoms with Gasteiger partial charge in [0.25, 0.3) is 0 Å². The minimum absolute atomic E-state index is 0.255. The molecule has 0 spiro atoms. The number of hydrogen-bond donors (Lipinski definition) is 1. The molecule has 0 saturated heterocycles. The highest BCUT2D eigenvalue weighted by Gasteiger charge is 2.26. The van der Waals surface area contributed by atoms with Gasteiger partial charge in [0.1, 0.15) is 0 Å². The van der Waals surface area contributed by atoms with Crippen molar-refractivity contribution in [1.82, 2.24) is 0 Å². The van der Waals surface area contributed by atoms with Gasteiger partial charge in [-0.2, -0.15) is 0 Å². The van der Waals surface area contributed by atoms with E-state index < -0.39 is 5.97 Å². The Morgan fingerprint density at radius 3 is 2.60 bits per heavy atom. The van der Waals surface area contributed by atoms with Crippen molar-refractivity contribution in [3.8, 4) is 0 Å². The number of allylic oxidation sites excluding steroid dienone is 5. The summed E-state index contributed by atoms with van der Waals surface area (Å²) >= 11 is 0. The second-order valence-corrected chi connectivity index (χ2v) is 7.85. The SMILES string of the molecule is C/C(=C/C=C/C(C)=C/C(=O)O)c1cc2c(cc1C)C(C)(C)CCCC2. The lowest BCUT2D eigenvalue weighted by molar-refractivity contribution is -0.131. The van der Waals surface area contributed by atoms with Crippen LogP contribution in [0.25, 0.3) is 5.57 Å². The fourth-order valence-corrected chi connectivity index (χ4v) is 3.71. The Balaban J connectivity index is 2.34. The summed E-state index contributed by atoms with van der Waals surface area (Å²) in [6.45, 7) is 10.8. The van der Waals surface area contributed by atoms with Gasteiger partial charge in [-0.15, -0.1) is 0 Å². The molecule has 2 nitrogen and oxygen atoms in total. The van der Waals surface area contributed by atoms with Crippen LogP contribution in [0.15, 0.2) is 42.0 Å². The topological polar surface area (TPSA) is 37.3 Å². The highest BCUT2D eigenvalue weighted by atomic mass is 16.4. The quantitative estimate of drug-likeness (QED) is 0.416. The monoisotopic (exact) mass is 338 g/mol. The average Bonchev–Trinajstić information content (AvgIpc) is 2.64. The zero-order valence-corrected chi connectivity index (χ0v) is 16.1. The molecule has 0 unspecified atom stereocenters. The number of benzene rings is 1. The molecule has 0 aliphatic heterocycles. The summed E-state index contributed by atoms with van der Waals surface area (Å²) < 4.78 is 0. The van der Waals surface area contributed by atoms with Crippen molar-refractivity contribution in [2.45, 2.75) is 65.7 Å². The Hall–Kier alpha value is -2.09. The number of carbonyl (C=O) groups is 1. The van der Waals surface area contributed by atoms with Crippen LogP contribution in [0.2, 0.25) is 0 Å². The third-order valence-corrected chi connectivity index (χ3v) is 5.16. The van der Waals surface area contributed by atoms with Gasteiger partial charge in [0.05, 0.1) is 0 Å². The van der Waals surface area contributed by atoms with Gasteiger partial charge >= 0.3 is 5.97 Å². The average molecular weight is 338 g/mol. The molecular formula is C23H30O2. The van der Waals surface area contributed by atoms with Gasteiger partial charge in [-0.3, -0.25) is 0 Å². The smallest absolute Gasteiger partial charge is 0.328 e. The fourth-order valence-electron chi connectivity index (χ4n) is 3.71. The van der Waals surface area contributed by atoms with Crippen LogP contribution in [0.5, 0.6) is 0 Å². The van der Waals surface area contributed by atoms with E-state index >= 15 is 0 Å². The molecule has 2 rings (SSSR count). The second kappa shape index (κ2) is 7.86. The Morgan fingerprint density at radius 2 is 1.92 bits per heavy atom. The van der Waals surface area contributed by atoms with Crippen LogP contribution in [0.4, 0.5) is 0 Å². The standard InChI is InChI=1S/C23H30O2/c1-16(13-22(24)25)9-8-10-17(2)20-15-19-11-6-7-12-23(4,5)21(19)14-18(20)3/h8-10,13-15H,6-7,11-12H2,1-5H3,(H,24,25)/b9-8+,16-13+,17-10-. The normalized spacial score (nSPS) is 18.1. The van der Waals surface area contributed by atoms with Crippen LogP contribution in [-0.4, -0.2) is 11.1 Å². The van der Waals surface area contributed by atoms with Gasteiger partial charge in [-0.1, -0.05) is 50.6 Å². The van der Waals surface area contributed by atoms with Crippen LogP contribution >= 0.6 is 0 Å². The van der Waals surface area contributed by atoms with Crippen molar-refractivity contribution in [3.63, 3.8) is 0 Å². The lowest BCUT2D eigenvalue weighted by atomic mass is 9.78. The maximum absolute atomic E-state index is 10.7. The first-order valence-electron chi connectivity index (χ1n) is 9.11. The third kappa shape index (κ3) is 4.94. The molecule has 134 valence electrons. The van der Waals surface area contributed by atoms with E-state index in [1.165, 1.54) is 53.2 Å². The van der Waals surface area contributed by atoms with E-state index in [9.17, 15) is 4.79 Å². The molecule has 0 heterocycles. The summed E-state index contributed by atoms with van der Waals surface area (Å²) in [5.41, 5.74) is 7.80. The molecule has 0 atom stereocenters. The van der Waals surface area contributed by atoms with Crippen LogP contribution < -0.4 is 0 Å². The molecule has 0 saturated carbocycles. The van der Waals surface area contributed by atoms with Crippen LogP contribution in [0.1, 0.15) is 69.2 Å². The lowest BCUT2D eigenvalue weighted by Gasteiger charge is -2.27. The summed E-state index contributed by atoms with van der Waals surface area (Å²) in [5.74, 6) is -0.910. The Kier molecular flexibility index (Phi) is 6.05. The van der Waals surface area contributed by atoms with Crippen molar-refractivity contribution in [2.24, 2.45) is 0 Å². The molecule has 1 aliphatic carbocycles. The molecule has 25 heavy (non-hydrogen) atoms. The largest absolute Gasteiger partial charge is 0.478 e. The molecule has 1 aromatic rings. The van der Waals surface area contributed by atoms with Gasteiger partial charge in [-0.05, 0) is 78.8 Å². The molecule has 2 heteroatoms. The summed E-state index contributed by atoms with van der Waals surface area (Å²) in [5, 5.41) is 8.76. The third-order valence-electron chi connectivity index (χ3n) is 5.16. The van der Waals surface area contributed by atoms with E-state index in [4.69, 9.17) is 5.11 Å². The molecule has 0 aromatic heterocycles. The minimum atomic E-state index is -0.910. The van der Waals surface area contributed by atoms with Gasteiger partial charge < -0.3 is 5.11 Å². The molecule has 1 N–H and O–H groups in total. The van der Waals surface area contributed by atoms with E-state index in [0.29, 0.717) is 0 Å². The molecule has 0 fully saturated rings. The predicted octanol–water partition coefficient (Wildman–Crippen LogP) is 5.99. The highest BCUT2D eigenvalue weighted by Crippen LogP contribution is 2.38.